The predicted molar refractivity (Wildman–Crippen MR) is 109 cm³/mol. The van der Waals surface area contributed by atoms with E-state index in [1.165, 1.54) is 0 Å². The summed E-state index contributed by atoms with van der Waals surface area (Å²) in [5, 5.41) is 0.638. The first-order valence-electron chi connectivity index (χ1n) is 8.24. The number of nitrogens with zero attached hydrogens (tertiary/aromatic N) is 3. The maximum atomic E-state index is 6.14. The molecule has 0 bridgehead atoms. The molecule has 2 aromatic carbocycles. The summed E-state index contributed by atoms with van der Waals surface area (Å²) in [5.74, 6) is 1.75. The smallest absolute Gasteiger partial charge is 0.164 e. The first-order chi connectivity index (χ1) is 12.7. The minimum Gasteiger partial charge on any atom is -0.208 e. The number of allylic oxidation sites excluding steroid dienone is 5. The Balaban J connectivity index is 2.21. The lowest BCUT2D eigenvalue weighted by Crippen LogP contribution is -2.02. The van der Waals surface area contributed by atoms with E-state index < -0.39 is 0 Å². The molecule has 26 heavy (non-hydrogen) atoms. The summed E-state index contributed by atoms with van der Waals surface area (Å²) >= 11 is 6.14. The van der Waals surface area contributed by atoms with Gasteiger partial charge in [0.05, 0.1) is 0 Å². The Hall–Kier alpha value is -3.04. The minimum atomic E-state index is 0.571. The molecular weight excluding hydrogens is 342 g/mol. The monoisotopic (exact) mass is 359 g/mol. The first-order valence-corrected chi connectivity index (χ1v) is 8.62. The third-order valence-electron chi connectivity index (χ3n) is 3.70. The van der Waals surface area contributed by atoms with Gasteiger partial charge in [0.2, 0.25) is 0 Å². The van der Waals surface area contributed by atoms with Gasteiger partial charge in [-0.1, -0.05) is 84.9 Å². The molecule has 0 unspecified atom stereocenters. The molecule has 0 saturated heterocycles. The van der Waals surface area contributed by atoms with Gasteiger partial charge in [-0.05, 0) is 19.1 Å². The van der Waals surface area contributed by atoms with Crippen molar-refractivity contribution >= 4 is 17.2 Å². The van der Waals surface area contributed by atoms with Crippen LogP contribution in [-0.2, 0) is 0 Å². The molecule has 3 rings (SSSR count). The number of rotatable bonds is 5. The highest BCUT2D eigenvalue weighted by atomic mass is 35.5. The van der Waals surface area contributed by atoms with E-state index in [9.17, 15) is 0 Å². The number of aromatic nitrogens is 3. The van der Waals surface area contributed by atoms with Gasteiger partial charge in [0.25, 0.3) is 0 Å². The highest BCUT2D eigenvalue weighted by Crippen LogP contribution is 2.24. The van der Waals surface area contributed by atoms with Crippen molar-refractivity contribution < 1.29 is 0 Å². The summed E-state index contributed by atoms with van der Waals surface area (Å²) in [5.41, 5.74) is 2.59. The SMILES string of the molecule is C=C/C(=C\C=C/C)c1nc(-c2ccccc2)nc(-c2cccc(Cl)c2)n1. The van der Waals surface area contributed by atoms with Crippen LogP contribution in [0.25, 0.3) is 28.3 Å². The lowest BCUT2D eigenvalue weighted by molar-refractivity contribution is 1.04. The Morgan fingerprint density at radius 1 is 0.923 bits per heavy atom. The van der Waals surface area contributed by atoms with Crippen LogP contribution < -0.4 is 0 Å². The van der Waals surface area contributed by atoms with Crippen molar-refractivity contribution in [3.8, 4) is 22.8 Å². The zero-order chi connectivity index (χ0) is 18.4. The molecule has 0 aliphatic rings. The molecule has 0 aliphatic heterocycles. The lowest BCUT2D eigenvalue weighted by Gasteiger charge is -2.08. The third kappa shape index (κ3) is 4.13. The summed E-state index contributed by atoms with van der Waals surface area (Å²) < 4.78 is 0. The van der Waals surface area contributed by atoms with E-state index in [4.69, 9.17) is 11.6 Å². The first kappa shape index (κ1) is 17.8. The second-order valence-corrected chi connectivity index (χ2v) is 5.97. The molecule has 1 heterocycles. The van der Waals surface area contributed by atoms with Crippen molar-refractivity contribution in [1.29, 1.82) is 0 Å². The fourth-order valence-corrected chi connectivity index (χ4v) is 2.60. The van der Waals surface area contributed by atoms with Crippen molar-refractivity contribution in [2.24, 2.45) is 0 Å². The molecule has 3 aromatic rings. The molecule has 1 aromatic heterocycles. The molecule has 0 radical (unpaired) electrons. The van der Waals surface area contributed by atoms with Gasteiger partial charge >= 0.3 is 0 Å². The van der Waals surface area contributed by atoms with Gasteiger partial charge in [-0.2, -0.15) is 0 Å². The maximum Gasteiger partial charge on any atom is 0.164 e. The third-order valence-corrected chi connectivity index (χ3v) is 3.93. The predicted octanol–water partition coefficient (Wildman–Crippen LogP) is 6.00. The quantitative estimate of drug-likeness (QED) is 0.524. The summed E-state index contributed by atoms with van der Waals surface area (Å²) in [4.78, 5) is 13.9. The average molecular weight is 360 g/mol. The van der Waals surface area contributed by atoms with E-state index in [0.29, 0.717) is 22.5 Å². The Morgan fingerprint density at radius 2 is 1.62 bits per heavy atom. The van der Waals surface area contributed by atoms with Gasteiger partial charge in [0, 0.05) is 21.7 Å². The molecular formula is C22H18ClN3. The summed E-state index contributed by atoms with van der Waals surface area (Å²) in [6.45, 7) is 5.84. The number of halogens is 1. The Kier molecular flexibility index (Phi) is 5.72. The van der Waals surface area contributed by atoms with Crippen molar-refractivity contribution in [1.82, 2.24) is 15.0 Å². The van der Waals surface area contributed by atoms with Gasteiger partial charge in [-0.15, -0.1) is 0 Å². The molecule has 0 aliphatic carbocycles. The Labute approximate surface area is 158 Å². The van der Waals surface area contributed by atoms with Crippen LogP contribution in [0, 0.1) is 0 Å². The molecule has 0 N–H and O–H groups in total. The second-order valence-electron chi connectivity index (χ2n) is 5.53. The molecule has 0 saturated carbocycles. The van der Waals surface area contributed by atoms with Crippen LogP contribution in [0.3, 0.4) is 0 Å². The molecule has 0 amide bonds. The van der Waals surface area contributed by atoms with Gasteiger partial charge in [-0.3, -0.25) is 0 Å². The summed E-state index contributed by atoms with van der Waals surface area (Å²) in [6.07, 6.45) is 7.55. The molecule has 4 heteroatoms. The number of hydrogen-bond acceptors (Lipinski definition) is 3. The van der Waals surface area contributed by atoms with E-state index in [-0.39, 0.29) is 0 Å². The zero-order valence-corrected chi connectivity index (χ0v) is 15.2. The standard InChI is InChI=1S/C22H18ClN3/c1-3-5-10-16(4-2)20-24-21(17-11-7-6-8-12-17)26-22(25-20)18-13-9-14-19(23)15-18/h3-15H,2H2,1H3/b5-3-,16-10+. The maximum absolute atomic E-state index is 6.14. The highest BCUT2D eigenvalue weighted by molar-refractivity contribution is 6.30. The van der Waals surface area contributed by atoms with Crippen molar-refractivity contribution in [2.75, 3.05) is 0 Å². The van der Waals surface area contributed by atoms with Crippen LogP contribution in [0.4, 0.5) is 0 Å². The van der Waals surface area contributed by atoms with Crippen LogP contribution in [0.1, 0.15) is 12.7 Å². The highest BCUT2D eigenvalue weighted by Gasteiger charge is 2.12. The fraction of sp³-hybridized carbons (Fsp3) is 0.0455. The van der Waals surface area contributed by atoms with E-state index in [2.05, 4.69) is 21.5 Å². The molecule has 0 atom stereocenters. The zero-order valence-electron chi connectivity index (χ0n) is 14.4. The van der Waals surface area contributed by atoms with Gasteiger partial charge < -0.3 is 0 Å². The van der Waals surface area contributed by atoms with Gasteiger partial charge in [0.1, 0.15) is 0 Å². The largest absolute Gasteiger partial charge is 0.208 e. The average Bonchev–Trinajstić information content (AvgIpc) is 2.69. The van der Waals surface area contributed by atoms with Gasteiger partial charge in [-0.25, -0.2) is 15.0 Å². The minimum absolute atomic E-state index is 0.571. The van der Waals surface area contributed by atoms with E-state index >= 15 is 0 Å². The van der Waals surface area contributed by atoms with Crippen LogP contribution in [-0.4, -0.2) is 15.0 Å². The van der Waals surface area contributed by atoms with Crippen LogP contribution in [0.15, 0.2) is 85.5 Å². The number of hydrogen-bond donors (Lipinski definition) is 0. The molecule has 0 fully saturated rings. The topological polar surface area (TPSA) is 38.7 Å². The molecule has 128 valence electrons. The lowest BCUT2D eigenvalue weighted by atomic mass is 10.1. The second kappa shape index (κ2) is 8.37. The fourth-order valence-electron chi connectivity index (χ4n) is 2.41. The molecule has 3 nitrogen and oxygen atoms in total. The summed E-state index contributed by atoms with van der Waals surface area (Å²) in [7, 11) is 0. The van der Waals surface area contributed by atoms with Crippen molar-refractivity contribution in [3.63, 3.8) is 0 Å². The normalized spacial score (nSPS) is 11.7. The Bertz CT molecular complexity index is 976. The van der Waals surface area contributed by atoms with Gasteiger partial charge in [0.15, 0.2) is 17.5 Å². The van der Waals surface area contributed by atoms with Crippen LogP contribution >= 0.6 is 11.6 Å². The summed E-state index contributed by atoms with van der Waals surface area (Å²) in [6, 6.07) is 17.3. The van der Waals surface area contributed by atoms with E-state index in [1.54, 1.807) is 6.08 Å². The van der Waals surface area contributed by atoms with Crippen molar-refractivity contribution in [3.05, 3.63) is 96.3 Å². The van der Waals surface area contributed by atoms with Crippen LogP contribution in [0.2, 0.25) is 5.02 Å². The van der Waals surface area contributed by atoms with E-state index in [1.807, 2.05) is 79.7 Å². The van der Waals surface area contributed by atoms with Crippen LogP contribution in [0.5, 0.6) is 0 Å². The number of benzene rings is 2. The van der Waals surface area contributed by atoms with E-state index in [0.717, 1.165) is 16.7 Å². The Morgan fingerprint density at radius 3 is 2.27 bits per heavy atom. The molecule has 0 spiro atoms. The van der Waals surface area contributed by atoms with Crippen molar-refractivity contribution in [2.45, 2.75) is 6.92 Å².